The average Bonchev–Trinajstić information content (AvgIpc) is 2.69. The van der Waals surface area contributed by atoms with E-state index in [1.54, 1.807) is 19.9 Å². The quantitative estimate of drug-likeness (QED) is 0.189. The van der Waals surface area contributed by atoms with Gasteiger partial charge in [-0.3, -0.25) is 14.9 Å². The minimum atomic E-state index is -0.870. The third kappa shape index (κ3) is 7.04. The Bertz CT molecular complexity index is 831. The first-order valence-electron chi connectivity index (χ1n) is 9.99. The highest BCUT2D eigenvalue weighted by molar-refractivity contribution is 6.01. The molecule has 1 aliphatic heterocycles. The number of hydrogen-bond acceptors (Lipinski definition) is 6. The summed E-state index contributed by atoms with van der Waals surface area (Å²) < 4.78 is 1.25. The molecule has 1 fully saturated rings. The molecule has 0 aromatic heterocycles. The summed E-state index contributed by atoms with van der Waals surface area (Å²) in [5.41, 5.74) is -0.860. The Kier molecular flexibility index (Phi) is 9.27. The lowest BCUT2D eigenvalue weighted by atomic mass is 10.1. The molecule has 1 saturated heterocycles. The van der Waals surface area contributed by atoms with Crippen molar-refractivity contribution in [2.24, 2.45) is 0 Å². The predicted octanol–water partition coefficient (Wildman–Crippen LogP) is 3.03. The van der Waals surface area contributed by atoms with Gasteiger partial charge in [-0.25, -0.2) is 0 Å². The largest absolute Gasteiger partial charge is 0.504 e. The number of phenols is 2. The van der Waals surface area contributed by atoms with Crippen LogP contribution in [0.25, 0.3) is 6.08 Å². The van der Waals surface area contributed by atoms with E-state index in [-0.39, 0.29) is 11.1 Å². The van der Waals surface area contributed by atoms with Crippen LogP contribution in [0.15, 0.2) is 17.7 Å². The van der Waals surface area contributed by atoms with Crippen molar-refractivity contribution in [3.05, 3.63) is 33.4 Å². The van der Waals surface area contributed by atoms with Gasteiger partial charge in [-0.1, -0.05) is 0 Å². The second-order valence-corrected chi connectivity index (χ2v) is 7.76. The van der Waals surface area contributed by atoms with Crippen molar-refractivity contribution < 1.29 is 24.4 Å². The third-order valence-corrected chi connectivity index (χ3v) is 5.03. The van der Waals surface area contributed by atoms with E-state index < -0.39 is 28.0 Å². The van der Waals surface area contributed by atoms with E-state index in [2.05, 4.69) is 14.1 Å². The molecule has 2 N–H and O–H groups in total. The zero-order valence-electron chi connectivity index (χ0n) is 18.1. The number of nitriles is 1. The van der Waals surface area contributed by atoms with Gasteiger partial charge in [0.2, 0.25) is 5.75 Å². The monoisotopic (exact) mass is 419 g/mol. The van der Waals surface area contributed by atoms with E-state index in [4.69, 9.17) is 5.26 Å². The predicted molar refractivity (Wildman–Crippen MR) is 114 cm³/mol. The molecule has 1 aliphatic rings. The second-order valence-electron chi connectivity index (χ2n) is 7.76. The van der Waals surface area contributed by atoms with Crippen LogP contribution in [-0.2, 0) is 4.79 Å². The number of carbonyl (C=O) groups excluding carboxylic acids is 1. The van der Waals surface area contributed by atoms with Gasteiger partial charge in [-0.05, 0) is 50.8 Å². The van der Waals surface area contributed by atoms with Crippen LogP contribution in [0, 0.1) is 21.4 Å². The fraction of sp³-hybridized carbons (Fsp3) is 0.524. The number of nitrogens with zero attached hydrogens (tertiary/aromatic N) is 4. The molecule has 9 nitrogen and oxygen atoms in total. The maximum Gasteiger partial charge on any atom is 0.315 e. The number of piperidine rings is 1. The van der Waals surface area contributed by atoms with E-state index in [0.717, 1.165) is 18.2 Å². The maximum absolute atomic E-state index is 12.1. The van der Waals surface area contributed by atoms with Gasteiger partial charge in [0.05, 0.1) is 32.1 Å². The molecule has 1 heterocycles. The Morgan fingerprint density at radius 3 is 2.20 bits per heavy atom. The molecule has 0 bridgehead atoms. The molecular weight excluding hydrogens is 388 g/mol. The zero-order chi connectivity index (χ0) is 22.9. The van der Waals surface area contributed by atoms with Crippen LogP contribution in [-0.4, -0.2) is 70.7 Å². The van der Waals surface area contributed by atoms with Crippen molar-refractivity contribution in [1.29, 1.82) is 5.26 Å². The van der Waals surface area contributed by atoms with Gasteiger partial charge >= 0.3 is 5.69 Å². The van der Waals surface area contributed by atoms with Gasteiger partial charge in [0.25, 0.3) is 5.91 Å². The van der Waals surface area contributed by atoms with Crippen LogP contribution in [0.5, 0.6) is 11.5 Å². The number of likely N-dealkylation sites (tertiary alicyclic amines) is 1. The summed E-state index contributed by atoms with van der Waals surface area (Å²) in [5.74, 6) is -2.08. The van der Waals surface area contributed by atoms with Crippen molar-refractivity contribution >= 4 is 17.7 Å². The van der Waals surface area contributed by atoms with Gasteiger partial charge in [-0.15, -0.1) is 0 Å². The lowest BCUT2D eigenvalue weighted by molar-refractivity contribution is -0.894. The van der Waals surface area contributed by atoms with Gasteiger partial charge in [-0.2, -0.15) is 5.26 Å². The Morgan fingerprint density at radius 1 is 1.23 bits per heavy atom. The first kappa shape index (κ1) is 24.9. The number of nitro groups is 1. The van der Waals surface area contributed by atoms with Crippen LogP contribution >= 0.6 is 0 Å². The lowest BCUT2D eigenvalue weighted by Gasteiger charge is -2.33. The number of amides is 1. The van der Waals surface area contributed by atoms with E-state index >= 15 is 0 Å². The molecule has 164 valence electrons. The number of carbonyl (C=O) groups is 1. The highest BCUT2D eigenvalue weighted by Gasteiger charge is 2.20. The fourth-order valence-electron chi connectivity index (χ4n) is 3.21. The summed E-state index contributed by atoms with van der Waals surface area (Å²) in [6.07, 6.45) is 5.47. The third-order valence-electron chi connectivity index (χ3n) is 5.03. The van der Waals surface area contributed by atoms with Crippen LogP contribution in [0.2, 0.25) is 0 Å². The molecule has 1 aromatic rings. The Balaban J connectivity index is 0.000000467. The van der Waals surface area contributed by atoms with Crippen molar-refractivity contribution in [1.82, 2.24) is 4.90 Å². The molecule has 0 radical (unpaired) electrons. The Labute approximate surface area is 177 Å². The summed E-state index contributed by atoms with van der Waals surface area (Å²) in [4.78, 5) is 23.4. The van der Waals surface area contributed by atoms with Gasteiger partial charge in [0.1, 0.15) is 11.6 Å². The number of phenolic OH excluding ortho intramolecular Hbond substituents is 2. The summed E-state index contributed by atoms with van der Waals surface area (Å²) in [5, 5.41) is 38.8. The number of quaternary nitrogens is 1. The molecule has 0 saturated carbocycles. The van der Waals surface area contributed by atoms with E-state index in [0.29, 0.717) is 13.1 Å². The van der Waals surface area contributed by atoms with Crippen molar-refractivity contribution in [2.45, 2.75) is 33.1 Å². The number of benzene rings is 1. The fourth-order valence-corrected chi connectivity index (χ4v) is 3.21. The van der Waals surface area contributed by atoms with Crippen molar-refractivity contribution in [3.8, 4) is 17.6 Å². The van der Waals surface area contributed by atoms with Crippen molar-refractivity contribution in [2.75, 3.05) is 40.3 Å². The average molecular weight is 420 g/mol. The normalized spacial score (nSPS) is 15.4. The Morgan fingerprint density at radius 2 is 1.80 bits per heavy atom. The smallest absolute Gasteiger partial charge is 0.315 e. The molecule has 9 heteroatoms. The highest BCUT2D eigenvalue weighted by Crippen LogP contribution is 2.36. The Hall–Kier alpha value is -3.12. The number of aromatic hydroxyl groups is 2. The minimum absolute atomic E-state index is 0.0686. The standard InChI is InChI=1S/C14H15N3O5.C7H16N/c1-3-16(4-2)14(20)10(8-15)5-9-6-11(17(21)22)13(19)12(18)7-9;1-8(2)6-4-3-5-7-8/h5-7,18-19H,3-4H2,1-2H3;3-7H2,1-2H3/q;+1/b10-5+;. The number of rotatable bonds is 5. The molecule has 30 heavy (non-hydrogen) atoms. The molecule has 0 spiro atoms. The van der Waals surface area contributed by atoms with Gasteiger partial charge in [0.15, 0.2) is 5.75 Å². The second kappa shape index (κ2) is 11.2. The summed E-state index contributed by atoms with van der Waals surface area (Å²) in [6, 6.07) is 3.75. The summed E-state index contributed by atoms with van der Waals surface area (Å²) in [7, 11) is 4.64. The lowest BCUT2D eigenvalue weighted by Crippen LogP contribution is -2.43. The number of hydrogen-bond donors (Lipinski definition) is 2. The molecular formula is C21H31N4O5+. The first-order chi connectivity index (χ1) is 14.1. The van der Waals surface area contributed by atoms with Gasteiger partial charge in [0, 0.05) is 19.2 Å². The minimum Gasteiger partial charge on any atom is -0.504 e. The number of nitro benzene ring substituents is 1. The zero-order valence-corrected chi connectivity index (χ0v) is 18.1. The van der Waals surface area contributed by atoms with Gasteiger partial charge < -0.3 is 19.6 Å². The van der Waals surface area contributed by atoms with Crippen LogP contribution < -0.4 is 0 Å². The molecule has 0 atom stereocenters. The SMILES string of the molecule is CCN(CC)C(=O)/C(C#N)=C/c1cc(O)c(O)c([N+](=O)[O-])c1.C[N+]1(C)CCCCC1. The van der Waals surface area contributed by atoms with E-state index in [9.17, 15) is 25.1 Å². The highest BCUT2D eigenvalue weighted by atomic mass is 16.6. The molecule has 0 aliphatic carbocycles. The van der Waals surface area contributed by atoms with Crippen molar-refractivity contribution in [3.63, 3.8) is 0 Å². The molecule has 0 unspecified atom stereocenters. The summed E-state index contributed by atoms with van der Waals surface area (Å²) in [6.45, 7) is 7.12. The van der Waals surface area contributed by atoms with Crippen LogP contribution in [0.1, 0.15) is 38.7 Å². The topological polar surface area (TPSA) is 128 Å². The molecule has 2 rings (SSSR count). The molecule has 1 aromatic carbocycles. The number of likely N-dealkylation sites (N-methyl/N-ethyl adjacent to an activating group) is 1. The van der Waals surface area contributed by atoms with E-state index in [1.807, 2.05) is 0 Å². The summed E-state index contributed by atoms with van der Waals surface area (Å²) >= 11 is 0. The first-order valence-corrected chi connectivity index (χ1v) is 9.99. The van der Waals surface area contributed by atoms with Crippen LogP contribution in [0.3, 0.4) is 0 Å². The maximum atomic E-state index is 12.1. The molecule has 1 amide bonds. The van der Waals surface area contributed by atoms with Crippen LogP contribution in [0.4, 0.5) is 5.69 Å². The van der Waals surface area contributed by atoms with E-state index in [1.165, 1.54) is 41.7 Å².